The Morgan fingerprint density at radius 2 is 2.00 bits per heavy atom. The maximum atomic E-state index is 11.9. The first-order chi connectivity index (χ1) is 9.62. The summed E-state index contributed by atoms with van der Waals surface area (Å²) in [5.41, 5.74) is 7.77. The van der Waals surface area contributed by atoms with Gasteiger partial charge < -0.3 is 11.1 Å². The third kappa shape index (κ3) is 4.14. The Bertz CT molecular complexity index is 591. The van der Waals surface area contributed by atoms with Crippen LogP contribution in [-0.4, -0.2) is 29.6 Å². The molecule has 5 N–H and O–H groups in total. The van der Waals surface area contributed by atoms with Crippen molar-refractivity contribution in [3.63, 3.8) is 0 Å². The van der Waals surface area contributed by atoms with Crippen molar-refractivity contribution in [1.29, 1.82) is 0 Å². The average molecular weight is 271 g/mol. The molecule has 0 spiro atoms. The smallest absolute Gasteiger partial charge is 0.267 e. The minimum absolute atomic E-state index is 0.135. The highest BCUT2D eigenvalue weighted by Gasteiger charge is 2.19. The number of benzene rings is 1. The van der Waals surface area contributed by atoms with Gasteiger partial charge >= 0.3 is 0 Å². The molecule has 102 valence electrons. The molecule has 6 nitrogen and oxygen atoms in total. The van der Waals surface area contributed by atoms with Gasteiger partial charge in [-0.1, -0.05) is 5.92 Å². The Hall–Kier alpha value is -2.80. The van der Waals surface area contributed by atoms with Crippen molar-refractivity contribution >= 4 is 11.8 Å². The summed E-state index contributed by atoms with van der Waals surface area (Å²) in [7, 11) is 0. The van der Waals surface area contributed by atoms with E-state index in [9.17, 15) is 9.59 Å². The van der Waals surface area contributed by atoms with Gasteiger partial charge in [0.05, 0.1) is 0 Å². The SMILES string of the molecule is C#CC#Cc1ccc(C(=O)N[C@@H](CN)C(=O)NO)cc1. The number of carbonyl (C=O) groups excluding carboxylic acids is 2. The van der Waals surface area contributed by atoms with Crippen LogP contribution in [0.15, 0.2) is 24.3 Å². The van der Waals surface area contributed by atoms with Crippen LogP contribution in [0.25, 0.3) is 0 Å². The van der Waals surface area contributed by atoms with Gasteiger partial charge in [-0.15, -0.1) is 6.42 Å². The molecular formula is C14H13N3O3. The average Bonchev–Trinajstić information content (AvgIpc) is 2.50. The number of nitrogens with one attached hydrogen (secondary N) is 2. The summed E-state index contributed by atoms with van der Waals surface area (Å²) in [5.74, 6) is 6.08. The molecule has 0 aliphatic carbocycles. The maximum Gasteiger partial charge on any atom is 0.267 e. The Morgan fingerprint density at radius 1 is 1.35 bits per heavy atom. The van der Waals surface area contributed by atoms with Crippen molar-refractivity contribution in [2.45, 2.75) is 6.04 Å². The van der Waals surface area contributed by atoms with Crippen LogP contribution in [0.3, 0.4) is 0 Å². The van der Waals surface area contributed by atoms with Crippen molar-refractivity contribution in [3.05, 3.63) is 35.4 Å². The Kier molecular flexibility index (Phi) is 5.79. The van der Waals surface area contributed by atoms with Crippen LogP contribution in [0, 0.1) is 24.2 Å². The number of hydrogen-bond donors (Lipinski definition) is 4. The zero-order chi connectivity index (χ0) is 15.0. The molecule has 0 saturated carbocycles. The van der Waals surface area contributed by atoms with E-state index in [1.54, 1.807) is 24.3 Å². The highest BCUT2D eigenvalue weighted by molar-refractivity contribution is 5.97. The highest BCUT2D eigenvalue weighted by atomic mass is 16.5. The van der Waals surface area contributed by atoms with E-state index in [-0.39, 0.29) is 6.54 Å². The summed E-state index contributed by atoms with van der Waals surface area (Å²) in [6, 6.07) is 5.33. The van der Waals surface area contributed by atoms with Crippen LogP contribution in [0.5, 0.6) is 0 Å². The zero-order valence-corrected chi connectivity index (χ0v) is 10.5. The lowest BCUT2D eigenvalue weighted by Crippen LogP contribution is -2.50. The van der Waals surface area contributed by atoms with Gasteiger partial charge in [0.2, 0.25) is 0 Å². The van der Waals surface area contributed by atoms with Gasteiger partial charge in [0.15, 0.2) is 0 Å². The van der Waals surface area contributed by atoms with Gasteiger partial charge in [-0.3, -0.25) is 14.8 Å². The fourth-order valence-electron chi connectivity index (χ4n) is 1.36. The second kappa shape index (κ2) is 7.59. The molecule has 0 aliphatic rings. The summed E-state index contributed by atoms with van der Waals surface area (Å²) in [6.07, 6.45) is 5.01. The summed E-state index contributed by atoms with van der Waals surface area (Å²) in [6.45, 7) is -0.135. The molecule has 1 aromatic rings. The van der Waals surface area contributed by atoms with E-state index in [0.717, 1.165) is 0 Å². The van der Waals surface area contributed by atoms with Gasteiger partial charge in [-0.2, -0.15) is 0 Å². The monoisotopic (exact) mass is 271 g/mol. The number of hydroxylamine groups is 1. The van der Waals surface area contributed by atoms with Crippen molar-refractivity contribution in [3.8, 4) is 24.2 Å². The molecule has 0 heterocycles. The van der Waals surface area contributed by atoms with E-state index in [1.165, 1.54) is 5.48 Å². The minimum Gasteiger partial charge on any atom is -0.339 e. The fraction of sp³-hybridized carbons (Fsp3) is 0.143. The van der Waals surface area contributed by atoms with Gasteiger partial charge in [0, 0.05) is 17.7 Å². The third-order valence-corrected chi connectivity index (χ3v) is 2.39. The summed E-state index contributed by atoms with van der Waals surface area (Å²) >= 11 is 0. The number of rotatable bonds is 4. The van der Waals surface area contributed by atoms with Crippen molar-refractivity contribution < 1.29 is 14.8 Å². The van der Waals surface area contributed by atoms with Gasteiger partial charge in [-0.25, -0.2) is 5.48 Å². The lowest BCUT2D eigenvalue weighted by Gasteiger charge is -2.14. The van der Waals surface area contributed by atoms with E-state index < -0.39 is 17.9 Å². The van der Waals surface area contributed by atoms with E-state index in [2.05, 4.69) is 23.1 Å². The molecular weight excluding hydrogens is 258 g/mol. The van der Waals surface area contributed by atoms with Gasteiger partial charge in [0.1, 0.15) is 6.04 Å². The fourth-order valence-corrected chi connectivity index (χ4v) is 1.36. The van der Waals surface area contributed by atoms with Crippen LogP contribution in [0.1, 0.15) is 15.9 Å². The van der Waals surface area contributed by atoms with Gasteiger partial charge in [0.25, 0.3) is 11.8 Å². The predicted octanol–water partition coefficient (Wildman–Crippen LogP) is -0.766. The molecule has 0 saturated heterocycles. The number of carbonyl (C=O) groups is 2. The topological polar surface area (TPSA) is 104 Å². The maximum absolute atomic E-state index is 11.9. The van der Waals surface area contributed by atoms with Crippen LogP contribution in [0.4, 0.5) is 0 Å². The molecule has 1 aromatic carbocycles. The Labute approximate surface area is 116 Å². The number of terminal acetylenes is 1. The molecule has 1 rings (SSSR count). The van der Waals surface area contributed by atoms with E-state index >= 15 is 0 Å². The lowest BCUT2D eigenvalue weighted by atomic mass is 10.1. The quantitative estimate of drug-likeness (QED) is 0.328. The first-order valence-electron chi connectivity index (χ1n) is 5.64. The molecule has 0 bridgehead atoms. The molecule has 6 heteroatoms. The van der Waals surface area contributed by atoms with Crippen LogP contribution in [0.2, 0.25) is 0 Å². The first kappa shape index (κ1) is 15.3. The second-order valence-electron chi connectivity index (χ2n) is 3.71. The highest BCUT2D eigenvalue weighted by Crippen LogP contribution is 2.03. The van der Waals surface area contributed by atoms with Crippen molar-refractivity contribution in [1.82, 2.24) is 10.8 Å². The summed E-state index contributed by atoms with van der Waals surface area (Å²) in [5, 5.41) is 10.9. The molecule has 0 aliphatic heterocycles. The number of amides is 2. The van der Waals surface area contributed by atoms with Crippen LogP contribution < -0.4 is 16.5 Å². The molecule has 2 amide bonds. The molecule has 0 unspecified atom stereocenters. The molecule has 20 heavy (non-hydrogen) atoms. The zero-order valence-electron chi connectivity index (χ0n) is 10.5. The largest absolute Gasteiger partial charge is 0.339 e. The van der Waals surface area contributed by atoms with Crippen molar-refractivity contribution in [2.75, 3.05) is 6.54 Å². The summed E-state index contributed by atoms with van der Waals surface area (Å²) < 4.78 is 0. The van der Waals surface area contributed by atoms with Crippen LogP contribution >= 0.6 is 0 Å². The van der Waals surface area contributed by atoms with Crippen LogP contribution in [-0.2, 0) is 4.79 Å². The Morgan fingerprint density at radius 3 is 2.50 bits per heavy atom. The normalized spacial score (nSPS) is 10.4. The van der Waals surface area contributed by atoms with Crippen molar-refractivity contribution in [2.24, 2.45) is 5.73 Å². The van der Waals surface area contributed by atoms with E-state index in [0.29, 0.717) is 11.1 Å². The third-order valence-electron chi connectivity index (χ3n) is 2.39. The Balaban J connectivity index is 2.78. The lowest BCUT2D eigenvalue weighted by molar-refractivity contribution is -0.130. The molecule has 0 fully saturated rings. The van der Waals surface area contributed by atoms with Gasteiger partial charge in [-0.05, 0) is 36.1 Å². The molecule has 0 radical (unpaired) electrons. The molecule has 0 aromatic heterocycles. The molecule has 1 atom stereocenters. The minimum atomic E-state index is -1.01. The number of nitrogens with two attached hydrogens (primary N) is 1. The standard InChI is InChI=1S/C14H13N3O3/c1-2-3-4-10-5-7-11(8-6-10)13(18)16-12(9-15)14(19)17-20/h1,5-8,12,20H,9,15H2,(H,16,18)(H,17,19)/t12-/m0/s1. The second-order valence-corrected chi connectivity index (χ2v) is 3.71. The van der Waals surface area contributed by atoms with E-state index in [4.69, 9.17) is 17.4 Å². The predicted molar refractivity (Wildman–Crippen MR) is 72.4 cm³/mol. The number of hydrogen-bond acceptors (Lipinski definition) is 4. The first-order valence-corrected chi connectivity index (χ1v) is 5.64. The summed E-state index contributed by atoms with van der Waals surface area (Å²) in [4.78, 5) is 23.1. The van der Waals surface area contributed by atoms with E-state index in [1.807, 2.05) is 0 Å².